The topological polar surface area (TPSA) is 223 Å². The molecule has 18 nitrogen and oxygen atoms in total. The Morgan fingerprint density at radius 1 is 0.367 bits per heavy atom. The first kappa shape index (κ1) is 79.1. The van der Waals surface area contributed by atoms with E-state index in [9.17, 15) is 25.3 Å². The minimum atomic E-state index is -3.35. The maximum atomic E-state index is 12.1. The summed E-state index contributed by atoms with van der Waals surface area (Å²) in [6.45, 7) is 18.1. The van der Waals surface area contributed by atoms with E-state index in [0.717, 1.165) is 146 Å². The molecule has 3 aliphatic rings. The van der Waals surface area contributed by atoms with Gasteiger partial charge in [0.25, 0.3) is 30.6 Å². The van der Waals surface area contributed by atoms with Gasteiger partial charge in [-0.2, -0.15) is 38.2 Å². The molecule has 504 valence electrons. The van der Waals surface area contributed by atoms with Crippen molar-refractivity contribution in [1.29, 1.82) is 0 Å². The molecule has 0 saturated heterocycles. The Balaban J connectivity index is 0.000000284. The van der Waals surface area contributed by atoms with E-state index >= 15 is 0 Å². The van der Waals surface area contributed by atoms with Gasteiger partial charge < -0.3 is 16.0 Å². The van der Waals surface area contributed by atoms with Gasteiger partial charge in [-0.1, -0.05) is 138 Å². The number of anilines is 3. The van der Waals surface area contributed by atoms with Crippen molar-refractivity contribution in [1.82, 2.24) is 42.0 Å². The third-order valence-electron chi connectivity index (χ3n) is 14.7. The average Bonchev–Trinajstić information content (AvgIpc) is 1.96. The number of hydrogen-bond donors (Lipinski definition) is 6. The Hall–Kier alpha value is -3.39. The standard InChI is InChI=1S/C21H32N4O2S3.C20H30N4O2S3.C19H28N4O2S3.3CH4/c1-3-25(4-2)30(26,27)23-15-10-6-5-9-14-22-21-24-20-17-11-7-8-12-18(17)28-16-13-19(20)29-21;1-3-24(4-2)29(25,26)22-14-9-5-8-13-21-20-23-19-16-10-6-7-11-17(16)27-15-12-18(19)28-20;1-3-23(4-2)28(24,25)21-13-8-7-12-20-19-22-18-15-9-5-6-10-16(15)26-14-11-17(18)27-19;;;/h7-8,11-12,23H,3-6,9-10,13-16H2,1-2H3,(H,22,24);6-7,10-11,22H,3-5,8-9,12-15H2,1-2H3,(H,21,23);5-6,9-10,21H,3-4,7-8,11-14H2,1-2H3,(H,20,22);3*1H4. The van der Waals surface area contributed by atoms with E-state index in [-0.39, 0.29) is 22.3 Å². The fourth-order valence-electron chi connectivity index (χ4n) is 9.98. The van der Waals surface area contributed by atoms with Gasteiger partial charge >= 0.3 is 0 Å². The molecule has 6 aromatic rings. The molecular formula is C63H102N12O6S9. The van der Waals surface area contributed by atoms with E-state index in [0.29, 0.717) is 58.9 Å². The van der Waals surface area contributed by atoms with Gasteiger partial charge in [0.15, 0.2) is 15.4 Å². The van der Waals surface area contributed by atoms with Crippen molar-refractivity contribution in [3.05, 3.63) is 87.4 Å². The Kier molecular flexibility index (Phi) is 35.8. The smallest absolute Gasteiger partial charge is 0.279 e. The van der Waals surface area contributed by atoms with Crippen LogP contribution in [0.1, 0.15) is 136 Å². The summed E-state index contributed by atoms with van der Waals surface area (Å²) in [6, 6.07) is 25.5. The number of fused-ring (bicyclic) bond motifs is 9. The lowest BCUT2D eigenvalue weighted by Crippen LogP contribution is -2.40. The molecule has 3 aromatic carbocycles. The predicted molar refractivity (Wildman–Crippen MR) is 393 cm³/mol. The molecule has 90 heavy (non-hydrogen) atoms. The zero-order valence-corrected chi connectivity index (χ0v) is 58.7. The van der Waals surface area contributed by atoms with Gasteiger partial charge in [0, 0.05) is 142 Å². The Bertz CT molecular complexity index is 3390. The lowest BCUT2D eigenvalue weighted by Gasteiger charge is -2.18. The van der Waals surface area contributed by atoms with E-state index in [1.807, 2.05) is 76.8 Å². The van der Waals surface area contributed by atoms with E-state index in [4.69, 9.17) is 15.0 Å². The van der Waals surface area contributed by atoms with Crippen molar-refractivity contribution >= 4 is 115 Å². The summed E-state index contributed by atoms with van der Waals surface area (Å²) < 4.78 is 84.8. The van der Waals surface area contributed by atoms with Gasteiger partial charge in [-0.15, -0.1) is 69.3 Å². The number of nitrogens with one attached hydrogen (secondary N) is 6. The second-order valence-corrected chi connectivity index (χ2v) is 32.5. The molecule has 9 rings (SSSR count). The van der Waals surface area contributed by atoms with E-state index < -0.39 is 30.6 Å². The SMILES string of the molecule is C.C.C.CCN(CC)S(=O)(=O)NCCCCCCNc1nc2c(s1)CCSc1ccccc1-2.CCN(CC)S(=O)(=O)NCCCCCNc1nc2c(s1)CCSc1ccccc1-2.CCN(CC)S(=O)(=O)NCCCCNc1nc2c(s1)CCSc1ccccc1-2. The molecule has 0 fully saturated rings. The molecule has 3 aromatic heterocycles. The highest BCUT2D eigenvalue weighted by molar-refractivity contribution is 8.00. The molecule has 0 amide bonds. The summed E-state index contributed by atoms with van der Waals surface area (Å²) in [6.07, 6.45) is 11.6. The fraction of sp³-hybridized carbons (Fsp3) is 0.571. The summed E-state index contributed by atoms with van der Waals surface area (Å²) in [4.78, 5) is 22.6. The second kappa shape index (κ2) is 40.8. The molecule has 0 spiro atoms. The van der Waals surface area contributed by atoms with Crippen LogP contribution in [-0.2, 0) is 49.9 Å². The first-order valence-electron chi connectivity index (χ1n) is 30.8. The molecule has 0 atom stereocenters. The maximum absolute atomic E-state index is 12.1. The van der Waals surface area contributed by atoms with E-state index in [1.54, 1.807) is 34.0 Å². The van der Waals surface area contributed by atoms with Crippen LogP contribution in [0.4, 0.5) is 15.4 Å². The van der Waals surface area contributed by atoms with Gasteiger partial charge in [0.2, 0.25) is 0 Å². The molecule has 0 radical (unpaired) electrons. The number of nitrogens with zero attached hydrogens (tertiary/aromatic N) is 6. The first-order valence-corrected chi connectivity index (χ1v) is 40.5. The quantitative estimate of drug-likeness (QED) is 0.0211. The van der Waals surface area contributed by atoms with Crippen molar-refractivity contribution < 1.29 is 25.3 Å². The Labute approximate surface area is 566 Å². The van der Waals surface area contributed by atoms with Crippen LogP contribution in [0.3, 0.4) is 0 Å². The van der Waals surface area contributed by atoms with Crippen LogP contribution in [0, 0.1) is 0 Å². The van der Waals surface area contributed by atoms with E-state index in [1.165, 1.54) is 58.9 Å². The van der Waals surface area contributed by atoms with Crippen LogP contribution in [0.2, 0.25) is 0 Å². The zero-order chi connectivity index (χ0) is 62.1. The molecule has 6 N–H and O–H groups in total. The normalized spacial score (nSPS) is 13.3. The van der Waals surface area contributed by atoms with Crippen molar-refractivity contribution in [2.24, 2.45) is 0 Å². The van der Waals surface area contributed by atoms with Crippen LogP contribution >= 0.6 is 69.3 Å². The number of thioether (sulfide) groups is 3. The highest BCUT2D eigenvalue weighted by Gasteiger charge is 2.24. The summed E-state index contributed by atoms with van der Waals surface area (Å²) >= 11 is 11.0. The van der Waals surface area contributed by atoms with E-state index in [2.05, 4.69) is 103 Å². The van der Waals surface area contributed by atoms with Crippen LogP contribution in [-0.4, -0.2) is 149 Å². The third kappa shape index (κ3) is 23.5. The second-order valence-electron chi connectivity index (χ2n) is 20.6. The van der Waals surface area contributed by atoms with Crippen molar-refractivity contribution in [2.45, 2.75) is 156 Å². The lowest BCUT2D eigenvalue weighted by atomic mass is 10.1. The van der Waals surface area contributed by atoms with Gasteiger partial charge in [0.05, 0.1) is 17.1 Å². The summed E-state index contributed by atoms with van der Waals surface area (Å²) in [5, 5.41) is 13.3. The number of aryl methyl sites for hydroxylation is 3. The highest BCUT2D eigenvalue weighted by Crippen LogP contribution is 2.43. The Morgan fingerprint density at radius 2 is 0.611 bits per heavy atom. The third-order valence-corrected chi connectivity index (χ3v) is 26.4. The average molecular weight is 1410 g/mol. The van der Waals surface area contributed by atoms with Crippen LogP contribution in [0.25, 0.3) is 33.8 Å². The first-order chi connectivity index (χ1) is 42.1. The molecule has 3 aliphatic heterocycles. The number of unbranched alkanes of at least 4 members (excludes halogenated alkanes) is 6. The van der Waals surface area contributed by atoms with Crippen molar-refractivity contribution in [2.75, 3.05) is 112 Å². The van der Waals surface area contributed by atoms with Gasteiger partial charge in [-0.05, 0) is 76.0 Å². The maximum Gasteiger partial charge on any atom is 0.279 e. The largest absolute Gasteiger partial charge is 0.361 e. The van der Waals surface area contributed by atoms with Gasteiger partial charge in [0.1, 0.15) is 0 Å². The number of rotatable bonds is 33. The number of benzene rings is 3. The minimum Gasteiger partial charge on any atom is -0.361 e. The fourth-order valence-corrected chi connectivity index (χ4v) is 20.2. The zero-order valence-electron chi connectivity index (χ0n) is 51.3. The van der Waals surface area contributed by atoms with Crippen LogP contribution in [0.15, 0.2) is 87.5 Å². The molecule has 0 bridgehead atoms. The number of hydrogen-bond acceptors (Lipinski definition) is 18. The summed E-state index contributed by atoms with van der Waals surface area (Å²) in [7, 11) is -9.99. The Morgan fingerprint density at radius 3 is 0.900 bits per heavy atom. The van der Waals surface area contributed by atoms with Crippen LogP contribution < -0.4 is 30.1 Å². The predicted octanol–water partition coefficient (Wildman–Crippen LogP) is 14.6. The van der Waals surface area contributed by atoms with Crippen LogP contribution in [0.5, 0.6) is 0 Å². The molecule has 6 heterocycles. The van der Waals surface area contributed by atoms with Crippen molar-refractivity contribution in [3.8, 4) is 33.8 Å². The molecule has 0 saturated carbocycles. The lowest BCUT2D eigenvalue weighted by molar-refractivity contribution is 0.433. The highest BCUT2D eigenvalue weighted by atomic mass is 32.2. The summed E-state index contributed by atoms with van der Waals surface area (Å²) in [5.74, 6) is 3.27. The summed E-state index contributed by atoms with van der Waals surface area (Å²) in [5.41, 5.74) is 7.11. The monoisotopic (exact) mass is 1410 g/mol. The molecular weight excluding hydrogens is 1310 g/mol. The molecule has 0 aliphatic carbocycles. The van der Waals surface area contributed by atoms with Crippen molar-refractivity contribution in [3.63, 3.8) is 0 Å². The molecule has 0 unspecified atom stereocenters. The molecule has 27 heteroatoms. The van der Waals surface area contributed by atoms with Gasteiger partial charge in [-0.3, -0.25) is 0 Å². The number of thiazole rings is 3. The minimum absolute atomic E-state index is 0. The van der Waals surface area contributed by atoms with Gasteiger partial charge in [-0.25, -0.2) is 29.1 Å². The number of aromatic nitrogens is 3.